The first-order chi connectivity index (χ1) is 7.70. The van der Waals surface area contributed by atoms with E-state index >= 15 is 0 Å². The maximum absolute atomic E-state index is 11.0. The van der Waals surface area contributed by atoms with Gasteiger partial charge in [0, 0.05) is 11.1 Å². The lowest BCUT2D eigenvalue weighted by Gasteiger charge is -1.97. The monoisotopic (exact) mass is 248 g/mol. The van der Waals surface area contributed by atoms with Crippen LogP contribution in [-0.4, -0.2) is 10.2 Å². The summed E-state index contributed by atoms with van der Waals surface area (Å²) in [5, 5.41) is 8.89. The van der Waals surface area contributed by atoms with Gasteiger partial charge in [-0.3, -0.25) is 4.79 Å². The third-order valence-electron chi connectivity index (χ3n) is 1.95. The third-order valence-corrected chi connectivity index (χ3v) is 3.12. The van der Waals surface area contributed by atoms with Gasteiger partial charge in [0.2, 0.25) is 0 Å². The molecule has 0 atom stereocenters. The average Bonchev–Trinajstić information content (AvgIpc) is 2.77. The van der Waals surface area contributed by atoms with Crippen molar-refractivity contribution in [2.75, 3.05) is 0 Å². The summed E-state index contributed by atoms with van der Waals surface area (Å²) >= 11 is 6.67. The maximum atomic E-state index is 11.0. The Bertz CT molecular complexity index is 586. The molecule has 0 spiro atoms. The second-order valence-electron chi connectivity index (χ2n) is 3.00. The Morgan fingerprint density at radius 3 is 2.94 bits per heavy atom. The van der Waals surface area contributed by atoms with Crippen molar-refractivity contribution in [2.24, 2.45) is 0 Å². The van der Waals surface area contributed by atoms with E-state index in [1.807, 2.05) is 12.1 Å². The zero-order valence-corrected chi connectivity index (χ0v) is 9.55. The molecule has 2 aromatic rings. The number of thiazole rings is 1. The van der Waals surface area contributed by atoms with Crippen molar-refractivity contribution in [3.8, 4) is 16.6 Å². The molecule has 2 rings (SSSR count). The Hall–Kier alpha value is -1.70. The molecular formula is C11H5ClN2OS. The topological polar surface area (TPSA) is 53.8 Å². The fraction of sp³-hybridized carbons (Fsp3) is 0. The van der Waals surface area contributed by atoms with Crippen LogP contribution in [0.2, 0.25) is 0 Å². The highest BCUT2D eigenvalue weighted by Gasteiger charge is 2.07. The van der Waals surface area contributed by atoms with Gasteiger partial charge in [0.05, 0.1) is 6.20 Å². The van der Waals surface area contributed by atoms with Gasteiger partial charge < -0.3 is 0 Å². The van der Waals surface area contributed by atoms with Crippen molar-refractivity contribution in [2.45, 2.75) is 0 Å². The molecule has 78 valence electrons. The Morgan fingerprint density at radius 1 is 1.50 bits per heavy atom. The minimum absolute atomic E-state index is 0.424. The van der Waals surface area contributed by atoms with Crippen LogP contribution in [0.1, 0.15) is 15.2 Å². The van der Waals surface area contributed by atoms with Crippen molar-refractivity contribution in [3.05, 3.63) is 40.9 Å². The average molecular weight is 249 g/mol. The van der Waals surface area contributed by atoms with Gasteiger partial charge in [0.25, 0.3) is 5.24 Å². The van der Waals surface area contributed by atoms with E-state index in [0.29, 0.717) is 15.4 Å². The molecule has 1 aromatic heterocycles. The van der Waals surface area contributed by atoms with E-state index in [4.69, 9.17) is 16.9 Å². The Balaban J connectivity index is 2.44. The highest BCUT2D eigenvalue weighted by molar-refractivity contribution is 7.15. The van der Waals surface area contributed by atoms with E-state index in [-0.39, 0.29) is 0 Å². The van der Waals surface area contributed by atoms with Crippen LogP contribution >= 0.6 is 22.9 Å². The van der Waals surface area contributed by atoms with Crippen LogP contribution in [-0.2, 0) is 0 Å². The number of benzene rings is 1. The summed E-state index contributed by atoms with van der Waals surface area (Å²) in [5.74, 6) is 0. The molecule has 0 bridgehead atoms. The first kappa shape index (κ1) is 10.8. The quantitative estimate of drug-likeness (QED) is 0.768. The Kier molecular flexibility index (Phi) is 3.00. The van der Waals surface area contributed by atoms with E-state index < -0.39 is 5.24 Å². The van der Waals surface area contributed by atoms with Crippen molar-refractivity contribution < 1.29 is 4.79 Å². The second-order valence-corrected chi connectivity index (χ2v) is 4.37. The molecule has 5 heteroatoms. The highest BCUT2D eigenvalue weighted by atomic mass is 35.5. The van der Waals surface area contributed by atoms with Crippen LogP contribution in [0.25, 0.3) is 10.6 Å². The molecule has 0 fully saturated rings. The summed E-state index contributed by atoms with van der Waals surface area (Å²) in [6.07, 6.45) is 1.51. The van der Waals surface area contributed by atoms with E-state index in [2.05, 4.69) is 4.98 Å². The van der Waals surface area contributed by atoms with Gasteiger partial charge in [-0.15, -0.1) is 11.3 Å². The van der Waals surface area contributed by atoms with Gasteiger partial charge in [0.1, 0.15) is 16.0 Å². The van der Waals surface area contributed by atoms with Crippen molar-refractivity contribution in [1.82, 2.24) is 4.98 Å². The predicted molar refractivity (Wildman–Crippen MR) is 62.4 cm³/mol. The fourth-order valence-electron chi connectivity index (χ4n) is 1.23. The van der Waals surface area contributed by atoms with E-state index in [1.54, 1.807) is 18.2 Å². The Morgan fingerprint density at radius 2 is 2.31 bits per heavy atom. The van der Waals surface area contributed by atoms with E-state index in [9.17, 15) is 4.79 Å². The Labute approximate surface area is 101 Å². The summed E-state index contributed by atoms with van der Waals surface area (Å²) < 4.78 is 0. The molecule has 1 aromatic carbocycles. The van der Waals surface area contributed by atoms with Crippen LogP contribution in [0.5, 0.6) is 0 Å². The third kappa shape index (κ3) is 2.11. The zero-order chi connectivity index (χ0) is 11.5. The molecule has 0 saturated heterocycles. The molecule has 0 N–H and O–H groups in total. The fourth-order valence-corrected chi connectivity index (χ4v) is 2.06. The molecule has 0 aliphatic rings. The van der Waals surface area contributed by atoms with Gasteiger partial charge in [-0.1, -0.05) is 18.2 Å². The van der Waals surface area contributed by atoms with E-state index in [0.717, 1.165) is 5.56 Å². The lowest BCUT2D eigenvalue weighted by Crippen LogP contribution is -1.88. The van der Waals surface area contributed by atoms with Crippen molar-refractivity contribution in [3.63, 3.8) is 0 Å². The van der Waals surface area contributed by atoms with Gasteiger partial charge in [-0.05, 0) is 17.7 Å². The molecule has 0 radical (unpaired) electrons. The maximum Gasteiger partial charge on any atom is 0.252 e. The number of rotatable bonds is 2. The molecule has 0 unspecified atom stereocenters. The van der Waals surface area contributed by atoms with Crippen molar-refractivity contribution in [1.29, 1.82) is 5.26 Å². The highest BCUT2D eigenvalue weighted by Crippen LogP contribution is 2.25. The van der Waals surface area contributed by atoms with Gasteiger partial charge >= 0.3 is 0 Å². The minimum atomic E-state index is -0.501. The van der Waals surface area contributed by atoms with Crippen LogP contribution in [0, 0.1) is 11.3 Å². The normalized spacial score (nSPS) is 9.75. The van der Waals surface area contributed by atoms with Gasteiger partial charge in [-0.25, -0.2) is 4.98 Å². The molecule has 3 nitrogen and oxygen atoms in total. The molecule has 0 saturated carbocycles. The number of nitrogens with zero attached hydrogens (tertiary/aromatic N) is 2. The first-order valence-corrected chi connectivity index (χ1v) is 5.56. The van der Waals surface area contributed by atoms with Crippen LogP contribution in [0.15, 0.2) is 30.5 Å². The summed E-state index contributed by atoms with van der Waals surface area (Å²) in [5.41, 5.74) is 1.21. The zero-order valence-electron chi connectivity index (χ0n) is 7.98. The predicted octanol–water partition coefficient (Wildman–Crippen LogP) is 3.06. The number of nitriles is 1. The summed E-state index contributed by atoms with van der Waals surface area (Å²) in [7, 11) is 0. The standard InChI is InChI=1S/C11H5ClN2OS/c12-10(15)7-2-1-3-8(4-7)11-14-6-9(5-13)16-11/h1-4,6H. The first-order valence-electron chi connectivity index (χ1n) is 4.37. The van der Waals surface area contributed by atoms with E-state index in [1.165, 1.54) is 17.5 Å². The molecular weight excluding hydrogens is 244 g/mol. The number of aromatic nitrogens is 1. The largest absolute Gasteiger partial charge is 0.276 e. The minimum Gasteiger partial charge on any atom is -0.276 e. The molecule has 0 aliphatic carbocycles. The summed E-state index contributed by atoms with van der Waals surface area (Å²) in [6.45, 7) is 0. The number of carbonyl (C=O) groups is 1. The number of hydrogen-bond donors (Lipinski definition) is 0. The summed E-state index contributed by atoms with van der Waals surface area (Å²) in [4.78, 5) is 15.6. The van der Waals surface area contributed by atoms with Crippen LogP contribution < -0.4 is 0 Å². The molecule has 16 heavy (non-hydrogen) atoms. The molecule has 0 aliphatic heterocycles. The molecule has 1 heterocycles. The summed E-state index contributed by atoms with van der Waals surface area (Å²) in [6, 6.07) is 8.87. The SMILES string of the molecule is N#Cc1cnc(-c2cccc(C(=O)Cl)c2)s1. The van der Waals surface area contributed by atoms with Crippen molar-refractivity contribution >= 4 is 28.2 Å². The van der Waals surface area contributed by atoms with Gasteiger partial charge in [0.15, 0.2) is 0 Å². The molecule has 0 amide bonds. The lowest BCUT2D eigenvalue weighted by molar-refractivity contribution is 0.108. The number of carbonyl (C=O) groups excluding carboxylic acids is 1. The van der Waals surface area contributed by atoms with Gasteiger partial charge in [-0.2, -0.15) is 5.26 Å². The number of hydrogen-bond acceptors (Lipinski definition) is 4. The smallest absolute Gasteiger partial charge is 0.252 e. The van der Waals surface area contributed by atoms with Crippen LogP contribution in [0.3, 0.4) is 0 Å². The van der Waals surface area contributed by atoms with Crippen LogP contribution in [0.4, 0.5) is 0 Å². The number of halogens is 1. The lowest BCUT2D eigenvalue weighted by atomic mass is 10.1. The second kappa shape index (κ2) is 4.44.